The van der Waals surface area contributed by atoms with E-state index in [1.807, 2.05) is 44.1 Å². The zero-order valence-electron chi connectivity index (χ0n) is 22.4. The number of benzene rings is 1. The standard InChI is InChI=1S/C28H39N7O2/c1-19-17-33(10-11-34(19)27(36)37-28(2,3)4)22-7-8-24-25(14-22)32-26(16-30-24)21-15-31-35(18-21)23-12-20(13-23)6-5-9-29/h7-8,14-16,18-20,23H,5-6,9-13,17,29H2,1-4H3/t19-,20?,23?/m0/s1. The van der Waals surface area contributed by atoms with Gasteiger partial charge in [0.15, 0.2) is 0 Å². The number of nitrogens with zero attached hydrogens (tertiary/aromatic N) is 6. The average Bonchev–Trinajstić information content (AvgIpc) is 3.31. The predicted octanol–water partition coefficient (Wildman–Crippen LogP) is 4.63. The monoisotopic (exact) mass is 505 g/mol. The van der Waals surface area contributed by atoms with Crippen molar-refractivity contribution in [2.75, 3.05) is 31.1 Å². The highest BCUT2D eigenvalue weighted by Gasteiger charge is 2.32. The highest BCUT2D eigenvalue weighted by atomic mass is 16.6. The van der Waals surface area contributed by atoms with E-state index in [0.717, 1.165) is 60.0 Å². The van der Waals surface area contributed by atoms with Crippen LogP contribution in [0.2, 0.25) is 0 Å². The van der Waals surface area contributed by atoms with Gasteiger partial charge in [-0.3, -0.25) is 9.67 Å². The van der Waals surface area contributed by atoms with Gasteiger partial charge in [-0.2, -0.15) is 5.10 Å². The maximum Gasteiger partial charge on any atom is 0.410 e. The second kappa shape index (κ2) is 10.3. The van der Waals surface area contributed by atoms with Gasteiger partial charge in [0.05, 0.1) is 35.2 Å². The fourth-order valence-electron chi connectivity index (χ4n) is 5.35. The van der Waals surface area contributed by atoms with Crippen molar-refractivity contribution in [1.29, 1.82) is 0 Å². The van der Waals surface area contributed by atoms with E-state index < -0.39 is 5.60 Å². The second-order valence-corrected chi connectivity index (χ2v) is 11.5. The summed E-state index contributed by atoms with van der Waals surface area (Å²) in [6, 6.07) is 6.72. The molecule has 198 valence electrons. The molecule has 0 spiro atoms. The van der Waals surface area contributed by atoms with E-state index in [9.17, 15) is 4.79 Å². The molecule has 2 aromatic heterocycles. The third-order valence-corrected chi connectivity index (χ3v) is 7.45. The van der Waals surface area contributed by atoms with Crippen molar-refractivity contribution in [3.05, 3.63) is 36.8 Å². The summed E-state index contributed by atoms with van der Waals surface area (Å²) in [4.78, 5) is 26.3. The van der Waals surface area contributed by atoms with Crippen LogP contribution in [-0.4, -0.2) is 68.6 Å². The molecule has 0 bridgehead atoms. The van der Waals surface area contributed by atoms with Gasteiger partial charge in [0, 0.05) is 43.1 Å². The number of rotatable bonds is 6. The smallest absolute Gasteiger partial charge is 0.410 e. The summed E-state index contributed by atoms with van der Waals surface area (Å²) < 4.78 is 7.67. The molecule has 1 aliphatic heterocycles. The molecular formula is C28H39N7O2. The van der Waals surface area contributed by atoms with Crippen LogP contribution < -0.4 is 10.6 Å². The van der Waals surface area contributed by atoms with Crippen LogP contribution in [0.3, 0.4) is 0 Å². The van der Waals surface area contributed by atoms with Gasteiger partial charge in [-0.15, -0.1) is 0 Å². The van der Waals surface area contributed by atoms with E-state index in [1.54, 1.807) is 0 Å². The number of carbonyl (C=O) groups excluding carboxylic acids is 1. The zero-order chi connectivity index (χ0) is 26.2. The second-order valence-electron chi connectivity index (χ2n) is 11.5. The Labute approximate surface area is 219 Å². The summed E-state index contributed by atoms with van der Waals surface area (Å²) >= 11 is 0. The largest absolute Gasteiger partial charge is 0.444 e. The van der Waals surface area contributed by atoms with E-state index >= 15 is 0 Å². The normalized spacial score (nSPS) is 22.2. The van der Waals surface area contributed by atoms with E-state index in [-0.39, 0.29) is 12.1 Å². The van der Waals surface area contributed by atoms with Crippen LogP contribution in [0.25, 0.3) is 22.3 Å². The van der Waals surface area contributed by atoms with Gasteiger partial charge in [-0.25, -0.2) is 9.78 Å². The Morgan fingerprint density at radius 3 is 2.70 bits per heavy atom. The minimum atomic E-state index is -0.496. The zero-order valence-corrected chi connectivity index (χ0v) is 22.4. The van der Waals surface area contributed by atoms with Crippen LogP contribution in [0.5, 0.6) is 0 Å². The Morgan fingerprint density at radius 2 is 1.97 bits per heavy atom. The molecule has 1 atom stereocenters. The molecule has 1 saturated heterocycles. The molecule has 9 nitrogen and oxygen atoms in total. The molecule has 2 N–H and O–H groups in total. The van der Waals surface area contributed by atoms with Crippen molar-refractivity contribution in [2.45, 2.75) is 71.1 Å². The summed E-state index contributed by atoms with van der Waals surface area (Å²) in [6.45, 7) is 10.6. The molecule has 2 fully saturated rings. The lowest BCUT2D eigenvalue weighted by molar-refractivity contribution is 0.0159. The molecule has 0 unspecified atom stereocenters. The molecule has 1 aromatic carbocycles. The molecule has 37 heavy (non-hydrogen) atoms. The van der Waals surface area contributed by atoms with E-state index in [1.165, 1.54) is 19.3 Å². The molecule has 1 saturated carbocycles. The number of amides is 1. The lowest BCUT2D eigenvalue weighted by Gasteiger charge is -2.41. The van der Waals surface area contributed by atoms with Crippen LogP contribution in [0.15, 0.2) is 36.8 Å². The summed E-state index contributed by atoms with van der Waals surface area (Å²) in [5.74, 6) is 0.772. The highest BCUT2D eigenvalue weighted by molar-refractivity contribution is 5.81. The number of nitrogens with two attached hydrogens (primary N) is 1. The minimum absolute atomic E-state index is 0.0453. The molecule has 9 heteroatoms. The molecule has 0 radical (unpaired) electrons. The molecule has 3 heterocycles. The first-order chi connectivity index (χ1) is 17.7. The number of ether oxygens (including phenoxy) is 1. The molecule has 3 aromatic rings. The maximum absolute atomic E-state index is 12.6. The van der Waals surface area contributed by atoms with Crippen molar-refractivity contribution < 1.29 is 9.53 Å². The summed E-state index contributed by atoms with van der Waals surface area (Å²) in [5.41, 5.74) is 9.78. The van der Waals surface area contributed by atoms with Crippen molar-refractivity contribution in [3.8, 4) is 11.3 Å². The minimum Gasteiger partial charge on any atom is -0.444 e. The van der Waals surface area contributed by atoms with Crippen LogP contribution in [0.4, 0.5) is 10.5 Å². The highest BCUT2D eigenvalue weighted by Crippen LogP contribution is 2.40. The van der Waals surface area contributed by atoms with Crippen LogP contribution in [0.1, 0.15) is 59.4 Å². The molecular weight excluding hydrogens is 466 g/mol. The van der Waals surface area contributed by atoms with Crippen LogP contribution in [0, 0.1) is 5.92 Å². The predicted molar refractivity (Wildman–Crippen MR) is 145 cm³/mol. The van der Waals surface area contributed by atoms with Crippen molar-refractivity contribution >= 4 is 22.8 Å². The molecule has 2 aliphatic rings. The number of hydrogen-bond acceptors (Lipinski definition) is 7. The van der Waals surface area contributed by atoms with Gasteiger partial charge < -0.3 is 20.3 Å². The Morgan fingerprint density at radius 1 is 1.16 bits per heavy atom. The topological polar surface area (TPSA) is 102 Å². The van der Waals surface area contributed by atoms with Crippen molar-refractivity contribution in [2.24, 2.45) is 11.7 Å². The Bertz CT molecular complexity index is 1240. The fraction of sp³-hybridized carbons (Fsp3) is 0.571. The van der Waals surface area contributed by atoms with Gasteiger partial charge in [-0.05, 0) is 84.0 Å². The lowest BCUT2D eigenvalue weighted by atomic mass is 9.77. The SMILES string of the molecule is C[C@H]1CN(c2ccc3ncc(-c4cnn(C5CC(CCCN)C5)c4)nc3c2)CCN1C(=O)OC(C)(C)C. The van der Waals surface area contributed by atoms with E-state index in [4.69, 9.17) is 15.5 Å². The summed E-state index contributed by atoms with van der Waals surface area (Å²) in [5, 5.41) is 4.63. The van der Waals surface area contributed by atoms with Crippen molar-refractivity contribution in [3.63, 3.8) is 0 Å². The molecule has 1 aliphatic carbocycles. The van der Waals surface area contributed by atoms with Gasteiger partial charge in [-0.1, -0.05) is 0 Å². The third-order valence-electron chi connectivity index (χ3n) is 7.45. The van der Waals surface area contributed by atoms with E-state index in [0.29, 0.717) is 12.6 Å². The molecule has 1 amide bonds. The van der Waals surface area contributed by atoms with Crippen LogP contribution in [-0.2, 0) is 4.74 Å². The lowest BCUT2D eigenvalue weighted by Crippen LogP contribution is -2.55. The van der Waals surface area contributed by atoms with Gasteiger partial charge >= 0.3 is 6.09 Å². The third kappa shape index (κ3) is 5.71. The fourth-order valence-corrected chi connectivity index (χ4v) is 5.35. The number of piperazine rings is 1. The average molecular weight is 506 g/mol. The Balaban J connectivity index is 1.27. The van der Waals surface area contributed by atoms with Gasteiger partial charge in [0.1, 0.15) is 5.60 Å². The van der Waals surface area contributed by atoms with E-state index in [2.05, 4.69) is 44.9 Å². The first kappa shape index (κ1) is 25.4. The number of carbonyl (C=O) groups is 1. The first-order valence-electron chi connectivity index (χ1n) is 13.5. The number of anilines is 1. The Kier molecular flexibility index (Phi) is 7.07. The number of aromatic nitrogens is 4. The molecule has 5 rings (SSSR count). The van der Waals surface area contributed by atoms with Crippen molar-refractivity contribution in [1.82, 2.24) is 24.6 Å². The van der Waals surface area contributed by atoms with Gasteiger partial charge in [0.2, 0.25) is 0 Å². The number of fused-ring (bicyclic) bond motifs is 1. The Hall–Kier alpha value is -3.20. The van der Waals surface area contributed by atoms with Gasteiger partial charge in [0.25, 0.3) is 0 Å². The maximum atomic E-state index is 12.6. The quantitative estimate of drug-likeness (QED) is 0.521. The number of hydrogen-bond donors (Lipinski definition) is 1. The first-order valence-corrected chi connectivity index (χ1v) is 13.5. The van der Waals surface area contributed by atoms with Crippen LogP contribution >= 0.6 is 0 Å². The summed E-state index contributed by atoms with van der Waals surface area (Å²) in [7, 11) is 0. The summed E-state index contributed by atoms with van der Waals surface area (Å²) in [6.07, 6.45) is 10.2.